The summed E-state index contributed by atoms with van der Waals surface area (Å²) in [4.78, 5) is 14.4. The number of rotatable bonds is 1. The first kappa shape index (κ1) is 12.0. The Morgan fingerprint density at radius 3 is 2.47 bits per heavy atom. The second-order valence-electron chi connectivity index (χ2n) is 4.72. The molecule has 1 saturated heterocycles. The Labute approximate surface area is 111 Å². The molecule has 0 spiro atoms. The van der Waals surface area contributed by atoms with Crippen LogP contribution in [0.25, 0.3) is 10.8 Å². The lowest BCUT2D eigenvalue weighted by Crippen LogP contribution is -2.46. The second kappa shape index (κ2) is 4.90. The predicted octanol–water partition coefficient (Wildman–Crippen LogP) is 1.59. The zero-order valence-electron chi connectivity index (χ0n) is 10.6. The summed E-state index contributed by atoms with van der Waals surface area (Å²) in [6.45, 7) is 3.13. The van der Waals surface area contributed by atoms with Crippen LogP contribution >= 0.6 is 0 Å². The van der Waals surface area contributed by atoms with Crippen LogP contribution in [0.15, 0.2) is 36.4 Å². The van der Waals surface area contributed by atoms with Crippen molar-refractivity contribution in [1.29, 1.82) is 0 Å². The molecule has 1 fully saturated rings. The van der Waals surface area contributed by atoms with Gasteiger partial charge in [0.15, 0.2) is 0 Å². The summed E-state index contributed by atoms with van der Waals surface area (Å²) in [7, 11) is 0. The van der Waals surface area contributed by atoms with Crippen LogP contribution in [0.3, 0.4) is 0 Å². The number of fused-ring (bicyclic) bond motifs is 1. The maximum atomic E-state index is 12.5. The Morgan fingerprint density at radius 2 is 1.74 bits per heavy atom. The summed E-state index contributed by atoms with van der Waals surface area (Å²) in [5.41, 5.74) is 0.662. The molecule has 0 aromatic heterocycles. The maximum Gasteiger partial charge on any atom is 0.254 e. The number of carbonyl (C=O) groups is 1. The SMILES string of the molecule is O=C(c1ccc(O)c2ccccc12)N1CCNCC1. The number of phenolic OH excluding ortho intramolecular Hbond substituents is 1. The molecule has 0 unspecified atom stereocenters. The molecule has 0 radical (unpaired) electrons. The van der Waals surface area contributed by atoms with Gasteiger partial charge in [-0.05, 0) is 17.5 Å². The zero-order valence-corrected chi connectivity index (χ0v) is 10.6. The minimum absolute atomic E-state index is 0.0395. The number of phenols is 1. The van der Waals surface area contributed by atoms with E-state index >= 15 is 0 Å². The summed E-state index contributed by atoms with van der Waals surface area (Å²) >= 11 is 0. The van der Waals surface area contributed by atoms with Gasteiger partial charge in [0.05, 0.1) is 0 Å². The summed E-state index contributed by atoms with van der Waals surface area (Å²) < 4.78 is 0. The van der Waals surface area contributed by atoms with Gasteiger partial charge in [-0.25, -0.2) is 0 Å². The van der Waals surface area contributed by atoms with Crippen molar-refractivity contribution in [3.05, 3.63) is 42.0 Å². The summed E-state index contributed by atoms with van der Waals surface area (Å²) in [6, 6.07) is 10.8. The van der Waals surface area contributed by atoms with E-state index in [0.717, 1.165) is 37.0 Å². The van der Waals surface area contributed by atoms with E-state index in [-0.39, 0.29) is 11.7 Å². The van der Waals surface area contributed by atoms with E-state index in [1.54, 1.807) is 12.1 Å². The minimum atomic E-state index is 0.0395. The van der Waals surface area contributed by atoms with Gasteiger partial charge in [-0.2, -0.15) is 0 Å². The Kier molecular flexibility index (Phi) is 3.09. The van der Waals surface area contributed by atoms with Crippen molar-refractivity contribution < 1.29 is 9.90 Å². The summed E-state index contributed by atoms with van der Waals surface area (Å²) in [6.07, 6.45) is 0. The van der Waals surface area contributed by atoms with E-state index < -0.39 is 0 Å². The molecule has 1 heterocycles. The van der Waals surface area contributed by atoms with Gasteiger partial charge in [0.2, 0.25) is 0 Å². The average molecular weight is 256 g/mol. The molecule has 3 rings (SSSR count). The number of amides is 1. The van der Waals surface area contributed by atoms with Crippen molar-refractivity contribution in [3.63, 3.8) is 0 Å². The van der Waals surface area contributed by atoms with Crippen LogP contribution in [0.4, 0.5) is 0 Å². The average Bonchev–Trinajstić information content (AvgIpc) is 2.48. The fourth-order valence-corrected chi connectivity index (χ4v) is 2.51. The minimum Gasteiger partial charge on any atom is -0.507 e. The largest absolute Gasteiger partial charge is 0.507 e. The van der Waals surface area contributed by atoms with Crippen molar-refractivity contribution in [2.75, 3.05) is 26.2 Å². The Bertz CT molecular complexity index is 619. The van der Waals surface area contributed by atoms with E-state index in [4.69, 9.17) is 0 Å². The number of piperazine rings is 1. The van der Waals surface area contributed by atoms with E-state index in [0.29, 0.717) is 5.56 Å². The molecule has 4 heteroatoms. The first-order chi connectivity index (χ1) is 9.27. The van der Waals surface area contributed by atoms with Crippen LogP contribution in [0.5, 0.6) is 5.75 Å². The van der Waals surface area contributed by atoms with Gasteiger partial charge in [-0.15, -0.1) is 0 Å². The van der Waals surface area contributed by atoms with Crippen LogP contribution in [0.1, 0.15) is 10.4 Å². The Hall–Kier alpha value is -2.07. The molecule has 4 nitrogen and oxygen atoms in total. The number of carbonyl (C=O) groups excluding carboxylic acids is 1. The quantitative estimate of drug-likeness (QED) is 0.814. The molecular weight excluding hydrogens is 240 g/mol. The lowest BCUT2D eigenvalue weighted by molar-refractivity contribution is 0.0738. The van der Waals surface area contributed by atoms with Gasteiger partial charge < -0.3 is 15.3 Å². The van der Waals surface area contributed by atoms with Crippen LogP contribution < -0.4 is 5.32 Å². The molecule has 19 heavy (non-hydrogen) atoms. The molecule has 2 aromatic rings. The summed E-state index contributed by atoms with van der Waals surface area (Å²) in [5.74, 6) is 0.255. The van der Waals surface area contributed by atoms with Gasteiger partial charge in [0.25, 0.3) is 5.91 Å². The van der Waals surface area contributed by atoms with Crippen molar-refractivity contribution in [3.8, 4) is 5.75 Å². The standard InChI is InChI=1S/C15H16N2O2/c18-14-6-5-13(11-3-1-2-4-12(11)14)15(19)17-9-7-16-8-10-17/h1-6,16,18H,7-10H2. The van der Waals surface area contributed by atoms with E-state index in [9.17, 15) is 9.90 Å². The number of benzene rings is 2. The summed E-state index contributed by atoms with van der Waals surface area (Å²) in [5, 5.41) is 14.6. The highest BCUT2D eigenvalue weighted by Crippen LogP contribution is 2.28. The number of aromatic hydroxyl groups is 1. The molecule has 98 valence electrons. The fourth-order valence-electron chi connectivity index (χ4n) is 2.51. The molecule has 1 aliphatic heterocycles. The van der Waals surface area contributed by atoms with Crippen LogP contribution in [0, 0.1) is 0 Å². The van der Waals surface area contributed by atoms with Gasteiger partial charge in [0.1, 0.15) is 5.75 Å². The predicted molar refractivity (Wildman–Crippen MR) is 74.4 cm³/mol. The highest BCUT2D eigenvalue weighted by Gasteiger charge is 2.20. The number of nitrogens with zero attached hydrogens (tertiary/aromatic N) is 1. The smallest absolute Gasteiger partial charge is 0.254 e. The molecular formula is C15H16N2O2. The van der Waals surface area contributed by atoms with Crippen molar-refractivity contribution >= 4 is 16.7 Å². The number of nitrogens with one attached hydrogen (secondary N) is 1. The lowest BCUT2D eigenvalue weighted by Gasteiger charge is -2.27. The zero-order chi connectivity index (χ0) is 13.2. The fraction of sp³-hybridized carbons (Fsp3) is 0.267. The molecule has 0 bridgehead atoms. The van der Waals surface area contributed by atoms with Gasteiger partial charge >= 0.3 is 0 Å². The molecule has 0 atom stereocenters. The number of hydrogen-bond donors (Lipinski definition) is 2. The van der Waals surface area contributed by atoms with E-state index in [2.05, 4.69) is 5.32 Å². The Balaban J connectivity index is 2.05. The third kappa shape index (κ3) is 2.15. The van der Waals surface area contributed by atoms with E-state index in [1.807, 2.05) is 29.2 Å². The number of hydrogen-bond acceptors (Lipinski definition) is 3. The highest BCUT2D eigenvalue weighted by atomic mass is 16.3. The molecule has 0 saturated carbocycles. The highest BCUT2D eigenvalue weighted by molar-refractivity contribution is 6.08. The third-order valence-electron chi connectivity index (χ3n) is 3.54. The van der Waals surface area contributed by atoms with E-state index in [1.165, 1.54) is 0 Å². The molecule has 2 N–H and O–H groups in total. The van der Waals surface area contributed by atoms with Crippen LogP contribution in [-0.2, 0) is 0 Å². The van der Waals surface area contributed by atoms with Gasteiger partial charge in [0, 0.05) is 37.1 Å². The second-order valence-corrected chi connectivity index (χ2v) is 4.72. The normalized spacial score (nSPS) is 15.7. The molecule has 1 amide bonds. The van der Waals surface area contributed by atoms with Gasteiger partial charge in [-0.3, -0.25) is 4.79 Å². The third-order valence-corrected chi connectivity index (χ3v) is 3.54. The topological polar surface area (TPSA) is 52.6 Å². The van der Waals surface area contributed by atoms with Crippen molar-refractivity contribution in [1.82, 2.24) is 10.2 Å². The first-order valence-electron chi connectivity index (χ1n) is 6.48. The molecule has 2 aromatic carbocycles. The lowest BCUT2D eigenvalue weighted by atomic mass is 10.0. The Morgan fingerprint density at radius 1 is 1.05 bits per heavy atom. The van der Waals surface area contributed by atoms with Crippen molar-refractivity contribution in [2.24, 2.45) is 0 Å². The van der Waals surface area contributed by atoms with Crippen molar-refractivity contribution in [2.45, 2.75) is 0 Å². The maximum absolute atomic E-state index is 12.5. The molecule has 1 aliphatic rings. The molecule has 0 aliphatic carbocycles. The monoisotopic (exact) mass is 256 g/mol. The first-order valence-corrected chi connectivity index (χ1v) is 6.48. The van der Waals surface area contributed by atoms with Crippen LogP contribution in [0.2, 0.25) is 0 Å². The van der Waals surface area contributed by atoms with Gasteiger partial charge in [-0.1, -0.05) is 24.3 Å². The van der Waals surface area contributed by atoms with Crippen LogP contribution in [-0.4, -0.2) is 42.1 Å².